The van der Waals surface area contributed by atoms with E-state index in [1.165, 1.54) is 0 Å². The highest BCUT2D eigenvalue weighted by atomic mass is 28.3. The Morgan fingerprint density at radius 3 is 1.12 bits per heavy atom. The highest BCUT2D eigenvalue weighted by Gasteiger charge is 2.86. The maximum absolute atomic E-state index is 13.0. The molecule has 1 rings (SSSR count). The van der Waals surface area contributed by atoms with Gasteiger partial charge < -0.3 is 30.3 Å². The molecule has 0 radical (unpaired) electrons. The summed E-state index contributed by atoms with van der Waals surface area (Å²) in [6, 6.07) is 0. The Morgan fingerprint density at radius 2 is 0.906 bits per heavy atom. The molecule has 1 aliphatic heterocycles. The molecule has 1 aliphatic rings. The second kappa shape index (κ2) is 7.92. The zero-order chi connectivity index (χ0) is 26.4. The normalized spacial score (nSPS) is 39.2. The Kier molecular flexibility index (Phi) is 7.64. The minimum absolute atomic E-state index is 1.03. The topological polar surface area (TPSA) is 110 Å². The molecule has 0 aromatic heterocycles. The second-order valence-electron chi connectivity index (χ2n) is 15.2. The summed E-state index contributed by atoms with van der Waals surface area (Å²) in [6.07, 6.45) is -1.19. The summed E-state index contributed by atoms with van der Waals surface area (Å²) in [7, 11) is -13.6. The van der Waals surface area contributed by atoms with Crippen LogP contribution in [0.1, 0.15) is 0 Å². The molecule has 0 aliphatic carbocycles. The van der Waals surface area contributed by atoms with Gasteiger partial charge in [-0.25, -0.2) is 0 Å². The van der Waals surface area contributed by atoms with Crippen molar-refractivity contribution in [2.24, 2.45) is 0 Å². The van der Waals surface area contributed by atoms with E-state index in [2.05, 4.69) is 0 Å². The standard InChI is InChI=1S/C21H52O6Si5/c1-28(2,3)17(22)16-18(23,29(4,5)6)19(24,30(7,8)9)20(25,31(10,11)12)21(26,27-16)32(13,14)15/h16-17,22-26H,1-15H3/t16-,17?,18-,19-,20+,21-/m1/s1. The van der Waals surface area contributed by atoms with Crippen molar-refractivity contribution in [1.82, 2.24) is 0 Å². The number of hydrogen-bond donors (Lipinski definition) is 5. The highest BCUT2D eigenvalue weighted by molar-refractivity contribution is 6.91. The molecular formula is C21H52O6Si5. The molecule has 1 fully saturated rings. The molecule has 0 spiro atoms. The average Bonchev–Trinajstić information content (AvgIpc) is 2.50. The number of aliphatic hydroxyl groups is 5. The first-order valence-electron chi connectivity index (χ1n) is 11.8. The van der Waals surface area contributed by atoms with Crippen LogP contribution in [0.3, 0.4) is 0 Å². The monoisotopic (exact) mass is 540 g/mol. The third-order valence-electron chi connectivity index (χ3n) is 7.78. The molecule has 32 heavy (non-hydrogen) atoms. The first-order valence-corrected chi connectivity index (χ1v) is 29.3. The van der Waals surface area contributed by atoms with E-state index in [0.29, 0.717) is 0 Å². The van der Waals surface area contributed by atoms with E-state index in [-0.39, 0.29) is 0 Å². The average molecular weight is 541 g/mol. The van der Waals surface area contributed by atoms with Crippen molar-refractivity contribution in [3.8, 4) is 0 Å². The lowest BCUT2D eigenvalue weighted by Gasteiger charge is -2.75. The van der Waals surface area contributed by atoms with Crippen LogP contribution in [0.2, 0.25) is 98.2 Å². The van der Waals surface area contributed by atoms with Crippen LogP contribution in [0.4, 0.5) is 0 Å². The van der Waals surface area contributed by atoms with Gasteiger partial charge in [0.05, 0.1) is 38.0 Å². The fraction of sp³-hybridized carbons (Fsp3) is 1.00. The predicted octanol–water partition coefficient (Wildman–Crippen LogP) is 3.02. The largest absolute Gasteiger partial charge is 0.394 e. The first-order chi connectivity index (χ1) is 13.5. The van der Waals surface area contributed by atoms with Crippen molar-refractivity contribution in [3.63, 3.8) is 0 Å². The Balaban J connectivity index is 4.44. The quantitative estimate of drug-likeness (QED) is 0.331. The van der Waals surface area contributed by atoms with Crippen LogP contribution in [0.5, 0.6) is 0 Å². The van der Waals surface area contributed by atoms with Gasteiger partial charge in [-0.2, -0.15) is 0 Å². The molecule has 6 atom stereocenters. The van der Waals surface area contributed by atoms with Crippen LogP contribution in [0, 0.1) is 0 Å². The van der Waals surface area contributed by atoms with Crippen molar-refractivity contribution in [3.05, 3.63) is 0 Å². The van der Waals surface area contributed by atoms with Crippen molar-refractivity contribution < 1.29 is 30.3 Å². The third kappa shape index (κ3) is 3.82. The summed E-state index contributed by atoms with van der Waals surface area (Å²) in [4.78, 5) is 0. The molecule has 192 valence electrons. The van der Waals surface area contributed by atoms with Gasteiger partial charge in [-0.1, -0.05) is 98.2 Å². The van der Waals surface area contributed by atoms with E-state index in [0.717, 1.165) is 0 Å². The number of aliphatic hydroxyl groups excluding tert-OH is 1. The molecule has 1 unspecified atom stereocenters. The van der Waals surface area contributed by atoms with Gasteiger partial charge in [-0.3, -0.25) is 0 Å². The molecule has 0 bridgehead atoms. The van der Waals surface area contributed by atoms with Crippen molar-refractivity contribution in [2.45, 2.75) is 131 Å². The van der Waals surface area contributed by atoms with E-state index in [9.17, 15) is 25.5 Å². The molecule has 6 nitrogen and oxygen atoms in total. The van der Waals surface area contributed by atoms with Gasteiger partial charge in [0.25, 0.3) is 0 Å². The number of rotatable bonds is 6. The number of ether oxygens (including phenoxy) is 1. The van der Waals surface area contributed by atoms with Gasteiger partial charge >= 0.3 is 0 Å². The molecule has 11 heteroatoms. The minimum Gasteiger partial charge on any atom is -0.394 e. The molecule has 0 saturated carbocycles. The van der Waals surface area contributed by atoms with Crippen LogP contribution in [0.25, 0.3) is 0 Å². The number of hydrogen-bond acceptors (Lipinski definition) is 6. The molecular weight excluding hydrogens is 489 g/mol. The lowest BCUT2D eigenvalue weighted by atomic mass is 9.95. The maximum atomic E-state index is 13.0. The third-order valence-corrected chi connectivity index (χ3v) is 21.8. The zero-order valence-electron chi connectivity index (χ0n) is 23.3. The first kappa shape index (κ1) is 30.9. The van der Waals surface area contributed by atoms with Gasteiger partial charge in [0, 0.05) is 0 Å². The molecule has 0 amide bonds. The molecule has 0 aromatic rings. The summed E-state index contributed by atoms with van der Waals surface area (Å²) in [5.41, 5.74) is -3.08. The van der Waals surface area contributed by atoms with Crippen molar-refractivity contribution in [2.75, 3.05) is 0 Å². The molecule has 5 N–H and O–H groups in total. The van der Waals surface area contributed by atoms with Crippen molar-refractivity contribution in [1.29, 1.82) is 0 Å². The SMILES string of the molecule is C[Si](C)(C)C(O)[C@H]1O[C@@](O)([Si](C)(C)C)[C@@](O)([Si](C)(C)C)[C@](O)([Si](C)(C)C)[C@]1(O)[Si](C)(C)C. The fourth-order valence-electron chi connectivity index (χ4n) is 5.68. The second-order valence-corrected chi connectivity index (χ2v) is 41.4. The summed E-state index contributed by atoms with van der Waals surface area (Å²) >= 11 is 0. The van der Waals surface area contributed by atoms with E-state index in [1.807, 2.05) is 98.2 Å². The summed E-state index contributed by atoms with van der Waals surface area (Å²) in [5, 5.41) is 56.8. The van der Waals surface area contributed by atoms with Gasteiger partial charge in [0.2, 0.25) is 0 Å². The van der Waals surface area contributed by atoms with Crippen LogP contribution in [-0.2, 0) is 4.74 Å². The van der Waals surface area contributed by atoms with E-state index in [4.69, 9.17) is 4.74 Å². The molecule has 1 heterocycles. The Labute approximate surface area is 201 Å². The molecule has 1 saturated heterocycles. The van der Waals surface area contributed by atoms with Gasteiger partial charge in [-0.05, 0) is 0 Å². The van der Waals surface area contributed by atoms with Crippen LogP contribution in [0.15, 0.2) is 0 Å². The van der Waals surface area contributed by atoms with E-state index < -0.39 is 73.3 Å². The lowest BCUT2D eigenvalue weighted by molar-refractivity contribution is -0.364. The summed E-state index contributed by atoms with van der Waals surface area (Å²) < 4.78 is 6.54. The van der Waals surface area contributed by atoms with Crippen LogP contribution in [-0.4, -0.2) is 98.8 Å². The van der Waals surface area contributed by atoms with Crippen LogP contribution < -0.4 is 0 Å². The maximum Gasteiger partial charge on any atom is 0.176 e. The van der Waals surface area contributed by atoms with Gasteiger partial charge in [0.15, 0.2) is 5.41 Å². The smallest absolute Gasteiger partial charge is 0.176 e. The Hall–Kier alpha value is 0.844. The van der Waals surface area contributed by atoms with Gasteiger partial charge in [-0.15, -0.1) is 0 Å². The summed E-state index contributed by atoms with van der Waals surface area (Å²) in [6.45, 7) is 29.2. The fourth-order valence-corrected chi connectivity index (χ4v) is 23.0. The highest BCUT2D eigenvalue weighted by Crippen LogP contribution is 2.61. The molecule has 0 aromatic carbocycles. The van der Waals surface area contributed by atoms with E-state index >= 15 is 0 Å². The Bertz CT molecular complexity index is 717. The zero-order valence-corrected chi connectivity index (χ0v) is 28.3. The lowest BCUT2D eigenvalue weighted by Crippen LogP contribution is -3.00. The van der Waals surface area contributed by atoms with Gasteiger partial charge in [0.1, 0.15) is 29.9 Å². The van der Waals surface area contributed by atoms with Crippen LogP contribution >= 0.6 is 0 Å². The predicted molar refractivity (Wildman–Crippen MR) is 147 cm³/mol. The van der Waals surface area contributed by atoms with E-state index in [1.54, 1.807) is 0 Å². The summed E-state index contributed by atoms with van der Waals surface area (Å²) in [5.74, 6) is 0. The van der Waals surface area contributed by atoms with Crippen molar-refractivity contribution >= 4 is 40.4 Å². The Morgan fingerprint density at radius 1 is 0.562 bits per heavy atom. The minimum atomic E-state index is -2.87.